The summed E-state index contributed by atoms with van der Waals surface area (Å²) in [5.74, 6) is 1.04. The van der Waals surface area contributed by atoms with Crippen LogP contribution in [0.1, 0.15) is 44.9 Å². The summed E-state index contributed by atoms with van der Waals surface area (Å²) in [4.78, 5) is 30.1. The Morgan fingerprint density at radius 3 is 2.28 bits per heavy atom. The molecule has 0 aromatic heterocycles. The number of β-lactam (4-membered cyclic amide) rings is 1. The normalized spacial score (nSPS) is 25.2. The van der Waals surface area contributed by atoms with Crippen molar-refractivity contribution >= 4 is 17.5 Å². The molecule has 1 atom stereocenters. The molecule has 1 aliphatic carbocycles. The third kappa shape index (κ3) is 2.52. The number of hydrogen-bond acceptors (Lipinski definition) is 3. The first-order chi connectivity index (χ1) is 12.2. The molecule has 5 heteroatoms. The largest absolute Gasteiger partial charge is 0.497 e. The van der Waals surface area contributed by atoms with Gasteiger partial charge in [0.1, 0.15) is 11.8 Å². The molecule has 2 aliphatic heterocycles. The maximum absolute atomic E-state index is 13.3. The van der Waals surface area contributed by atoms with Gasteiger partial charge in [-0.1, -0.05) is 19.3 Å². The highest BCUT2D eigenvalue weighted by molar-refractivity contribution is 6.14. The molecule has 2 saturated heterocycles. The molecule has 1 aromatic rings. The van der Waals surface area contributed by atoms with Crippen molar-refractivity contribution in [1.29, 1.82) is 0 Å². The zero-order valence-electron chi connectivity index (χ0n) is 14.9. The van der Waals surface area contributed by atoms with Crippen LogP contribution in [0.2, 0.25) is 0 Å². The van der Waals surface area contributed by atoms with Crippen LogP contribution in [0.3, 0.4) is 0 Å². The summed E-state index contributed by atoms with van der Waals surface area (Å²) in [6, 6.07) is 7.15. The van der Waals surface area contributed by atoms with E-state index in [4.69, 9.17) is 4.74 Å². The lowest BCUT2D eigenvalue weighted by atomic mass is 9.61. The number of nitrogens with zero attached hydrogens (tertiary/aromatic N) is 2. The van der Waals surface area contributed by atoms with E-state index in [9.17, 15) is 9.59 Å². The third-order valence-electron chi connectivity index (χ3n) is 6.17. The van der Waals surface area contributed by atoms with E-state index in [2.05, 4.69) is 0 Å². The number of benzene rings is 1. The van der Waals surface area contributed by atoms with Crippen LogP contribution < -0.4 is 9.64 Å². The average molecular weight is 342 g/mol. The maximum Gasteiger partial charge on any atom is 0.246 e. The van der Waals surface area contributed by atoms with Crippen molar-refractivity contribution in [3.8, 4) is 5.75 Å². The summed E-state index contributed by atoms with van der Waals surface area (Å²) in [6.45, 7) is 1.66. The van der Waals surface area contributed by atoms with Gasteiger partial charge in [0.2, 0.25) is 11.8 Å². The molecule has 4 rings (SSSR count). The van der Waals surface area contributed by atoms with Crippen molar-refractivity contribution in [2.24, 2.45) is 5.41 Å². The number of anilines is 1. The first-order valence-electron chi connectivity index (χ1n) is 9.44. The molecule has 1 spiro atoms. The highest BCUT2D eigenvalue weighted by Crippen LogP contribution is 2.52. The smallest absolute Gasteiger partial charge is 0.246 e. The van der Waals surface area contributed by atoms with Crippen LogP contribution in [0.25, 0.3) is 0 Å². The molecule has 25 heavy (non-hydrogen) atoms. The highest BCUT2D eigenvalue weighted by atomic mass is 16.5. The molecule has 1 saturated carbocycles. The lowest BCUT2D eigenvalue weighted by Gasteiger charge is -2.57. The van der Waals surface area contributed by atoms with Crippen LogP contribution in [0.15, 0.2) is 24.3 Å². The van der Waals surface area contributed by atoms with Crippen molar-refractivity contribution in [2.75, 3.05) is 25.1 Å². The molecule has 3 fully saturated rings. The fraction of sp³-hybridized carbons (Fsp3) is 0.600. The monoisotopic (exact) mass is 342 g/mol. The molecule has 0 bridgehead atoms. The minimum Gasteiger partial charge on any atom is -0.497 e. The molecule has 0 N–H and O–H groups in total. The second kappa shape index (κ2) is 6.36. The van der Waals surface area contributed by atoms with E-state index in [-0.39, 0.29) is 17.9 Å². The number of amides is 2. The Hall–Kier alpha value is -2.04. The van der Waals surface area contributed by atoms with Crippen molar-refractivity contribution in [2.45, 2.75) is 51.0 Å². The predicted octanol–water partition coefficient (Wildman–Crippen LogP) is 2.98. The zero-order chi connectivity index (χ0) is 17.4. The number of ether oxygens (including phenoxy) is 1. The molecule has 2 heterocycles. The first-order valence-corrected chi connectivity index (χ1v) is 9.44. The van der Waals surface area contributed by atoms with Gasteiger partial charge in [0.05, 0.1) is 12.5 Å². The van der Waals surface area contributed by atoms with Crippen LogP contribution in [0.4, 0.5) is 5.69 Å². The van der Waals surface area contributed by atoms with Gasteiger partial charge in [-0.3, -0.25) is 14.5 Å². The molecule has 5 nitrogen and oxygen atoms in total. The highest BCUT2D eigenvalue weighted by Gasteiger charge is 2.64. The average Bonchev–Trinajstić information content (AvgIpc) is 3.21. The molecular formula is C20H26N2O3. The second-order valence-electron chi connectivity index (χ2n) is 7.52. The Bertz CT molecular complexity index is 658. The minimum atomic E-state index is -0.460. The van der Waals surface area contributed by atoms with Crippen molar-refractivity contribution in [1.82, 2.24) is 4.90 Å². The van der Waals surface area contributed by atoms with Crippen LogP contribution in [0, 0.1) is 5.41 Å². The number of rotatable bonds is 3. The van der Waals surface area contributed by atoms with E-state index in [1.54, 1.807) is 12.0 Å². The van der Waals surface area contributed by atoms with Gasteiger partial charge in [-0.25, -0.2) is 0 Å². The molecule has 3 aliphatic rings. The summed E-state index contributed by atoms with van der Waals surface area (Å²) >= 11 is 0. The van der Waals surface area contributed by atoms with Crippen molar-refractivity contribution in [3.63, 3.8) is 0 Å². The summed E-state index contributed by atoms with van der Waals surface area (Å²) < 4.78 is 5.21. The Morgan fingerprint density at radius 1 is 1.04 bits per heavy atom. The SMILES string of the molecule is COc1ccc(N2C(=O)C3(CCCCC3)C2C(=O)N2CCCC2)cc1. The van der Waals surface area contributed by atoms with Gasteiger partial charge in [-0.05, 0) is 49.9 Å². The number of carbonyl (C=O) groups excluding carboxylic acids is 2. The molecule has 0 radical (unpaired) electrons. The van der Waals surface area contributed by atoms with E-state index in [0.29, 0.717) is 0 Å². The molecule has 1 unspecified atom stereocenters. The summed E-state index contributed by atoms with van der Waals surface area (Å²) in [5.41, 5.74) is 0.345. The van der Waals surface area contributed by atoms with E-state index >= 15 is 0 Å². The lowest BCUT2D eigenvalue weighted by molar-refractivity contribution is -0.154. The van der Waals surface area contributed by atoms with E-state index in [1.807, 2.05) is 29.2 Å². The fourth-order valence-corrected chi connectivity index (χ4v) is 4.79. The van der Waals surface area contributed by atoms with Gasteiger partial charge in [0, 0.05) is 18.8 Å². The van der Waals surface area contributed by atoms with Crippen LogP contribution in [-0.4, -0.2) is 43.0 Å². The topological polar surface area (TPSA) is 49.9 Å². The van der Waals surface area contributed by atoms with Gasteiger partial charge >= 0.3 is 0 Å². The number of methoxy groups -OCH3 is 1. The summed E-state index contributed by atoms with van der Waals surface area (Å²) in [7, 11) is 1.63. The first kappa shape index (κ1) is 16.4. The van der Waals surface area contributed by atoms with Crippen molar-refractivity contribution in [3.05, 3.63) is 24.3 Å². The molecule has 2 amide bonds. The number of likely N-dealkylation sites (tertiary alicyclic amines) is 1. The van der Waals surface area contributed by atoms with Crippen LogP contribution >= 0.6 is 0 Å². The Balaban J connectivity index is 1.66. The molecule has 1 aromatic carbocycles. The van der Waals surface area contributed by atoms with E-state index in [1.165, 1.54) is 6.42 Å². The van der Waals surface area contributed by atoms with Gasteiger partial charge in [0.15, 0.2) is 0 Å². The van der Waals surface area contributed by atoms with Gasteiger partial charge in [-0.15, -0.1) is 0 Å². The van der Waals surface area contributed by atoms with Gasteiger partial charge < -0.3 is 9.64 Å². The van der Waals surface area contributed by atoms with E-state index < -0.39 is 5.41 Å². The summed E-state index contributed by atoms with van der Waals surface area (Å²) in [5, 5.41) is 0. The van der Waals surface area contributed by atoms with Crippen molar-refractivity contribution < 1.29 is 14.3 Å². The summed E-state index contributed by atoms with van der Waals surface area (Å²) in [6.07, 6.45) is 7.11. The fourth-order valence-electron chi connectivity index (χ4n) is 4.79. The predicted molar refractivity (Wildman–Crippen MR) is 95.6 cm³/mol. The molecular weight excluding hydrogens is 316 g/mol. The second-order valence-corrected chi connectivity index (χ2v) is 7.52. The van der Waals surface area contributed by atoms with Gasteiger partial charge in [0.25, 0.3) is 0 Å². The molecule has 134 valence electrons. The quantitative estimate of drug-likeness (QED) is 0.794. The van der Waals surface area contributed by atoms with Gasteiger partial charge in [-0.2, -0.15) is 0 Å². The van der Waals surface area contributed by atoms with E-state index in [0.717, 1.165) is 63.1 Å². The van der Waals surface area contributed by atoms with Crippen LogP contribution in [0.5, 0.6) is 5.75 Å². The Morgan fingerprint density at radius 2 is 1.68 bits per heavy atom. The Kier molecular flexibility index (Phi) is 4.18. The number of hydrogen-bond donors (Lipinski definition) is 0. The minimum absolute atomic E-state index is 0.134. The Labute approximate surface area is 148 Å². The maximum atomic E-state index is 13.3. The standard InChI is InChI=1S/C20H26N2O3/c1-25-16-9-7-15(8-10-16)22-17(18(23)21-13-5-6-14-21)20(19(22)24)11-3-2-4-12-20/h7-10,17H,2-6,11-14H2,1H3. The lowest BCUT2D eigenvalue weighted by Crippen LogP contribution is -2.74. The number of carbonyl (C=O) groups is 2. The zero-order valence-corrected chi connectivity index (χ0v) is 14.9. The third-order valence-corrected chi connectivity index (χ3v) is 6.17. The van der Waals surface area contributed by atoms with Crippen LogP contribution in [-0.2, 0) is 9.59 Å².